The van der Waals surface area contributed by atoms with Crippen molar-refractivity contribution in [2.75, 3.05) is 39.4 Å². The van der Waals surface area contributed by atoms with Gasteiger partial charge in [-0.15, -0.1) is 0 Å². The number of amidine groups is 1. The Hall–Kier alpha value is -2.12. The minimum atomic E-state index is -1.17. The molecule has 2 rings (SSSR count). The van der Waals surface area contributed by atoms with Crippen molar-refractivity contribution in [2.45, 2.75) is 12.5 Å². The molecule has 0 fully saturated rings. The standard InChI is InChI=1S/C15H21N3O4/c1-10-5-6-12-11(7-10)18(14(19)17-2)13(16)15(22-12,8-20-3)9-21-4/h5-7,16H,8-9H2,1-4H3,(H,17,19). The van der Waals surface area contributed by atoms with Crippen molar-refractivity contribution in [2.24, 2.45) is 0 Å². The Bertz CT molecular complexity index is 582. The van der Waals surface area contributed by atoms with Gasteiger partial charge >= 0.3 is 6.03 Å². The minimum Gasteiger partial charge on any atom is -0.472 e. The molecule has 0 radical (unpaired) electrons. The number of nitrogens with zero attached hydrogens (tertiary/aromatic N) is 1. The first-order chi connectivity index (χ1) is 10.5. The molecule has 2 amide bonds. The van der Waals surface area contributed by atoms with E-state index in [2.05, 4.69) is 5.32 Å². The highest BCUT2D eigenvalue weighted by Gasteiger charge is 2.48. The molecule has 1 aliphatic rings. The maximum absolute atomic E-state index is 12.3. The molecule has 22 heavy (non-hydrogen) atoms. The SMILES string of the molecule is CNC(=O)N1C(=N)C(COC)(COC)Oc2ccc(C)cc21. The highest BCUT2D eigenvalue weighted by molar-refractivity contribution is 6.20. The summed E-state index contributed by atoms with van der Waals surface area (Å²) < 4.78 is 16.4. The van der Waals surface area contributed by atoms with Crippen LogP contribution in [0.1, 0.15) is 5.56 Å². The highest BCUT2D eigenvalue weighted by Crippen LogP contribution is 2.39. The molecule has 7 heteroatoms. The molecule has 1 aromatic rings. The van der Waals surface area contributed by atoms with Crippen molar-refractivity contribution in [1.82, 2.24) is 5.32 Å². The Morgan fingerprint density at radius 1 is 1.36 bits per heavy atom. The number of rotatable bonds is 4. The molecular weight excluding hydrogens is 286 g/mol. The van der Waals surface area contributed by atoms with E-state index in [4.69, 9.17) is 19.6 Å². The second-order valence-corrected chi connectivity index (χ2v) is 5.17. The van der Waals surface area contributed by atoms with Crippen LogP contribution < -0.4 is 15.0 Å². The first-order valence-electron chi connectivity index (χ1n) is 6.87. The van der Waals surface area contributed by atoms with Gasteiger partial charge in [0.1, 0.15) is 5.75 Å². The Labute approximate surface area is 129 Å². The van der Waals surface area contributed by atoms with Gasteiger partial charge in [-0.05, 0) is 24.6 Å². The topological polar surface area (TPSA) is 83.9 Å². The summed E-state index contributed by atoms with van der Waals surface area (Å²) in [6, 6.07) is 5.08. The lowest BCUT2D eigenvalue weighted by molar-refractivity contribution is -0.0170. The normalized spacial score (nSPS) is 16.0. The van der Waals surface area contributed by atoms with Crippen LogP contribution in [0.25, 0.3) is 0 Å². The van der Waals surface area contributed by atoms with Crippen LogP contribution in [0.4, 0.5) is 10.5 Å². The number of hydrogen-bond acceptors (Lipinski definition) is 5. The fraction of sp³-hybridized carbons (Fsp3) is 0.467. The van der Waals surface area contributed by atoms with E-state index in [0.29, 0.717) is 11.4 Å². The summed E-state index contributed by atoms with van der Waals surface area (Å²) in [5.74, 6) is 0.493. The molecule has 2 N–H and O–H groups in total. The van der Waals surface area contributed by atoms with Crippen LogP contribution in [0.2, 0.25) is 0 Å². The van der Waals surface area contributed by atoms with E-state index in [0.717, 1.165) is 5.56 Å². The van der Waals surface area contributed by atoms with Crippen molar-refractivity contribution < 1.29 is 19.0 Å². The molecular formula is C15H21N3O4. The molecule has 0 atom stereocenters. The Morgan fingerprint density at radius 3 is 2.55 bits per heavy atom. The predicted molar refractivity (Wildman–Crippen MR) is 83.0 cm³/mol. The Morgan fingerprint density at radius 2 is 2.00 bits per heavy atom. The third-order valence-electron chi connectivity index (χ3n) is 3.49. The number of methoxy groups -OCH3 is 2. The number of urea groups is 1. The van der Waals surface area contributed by atoms with Crippen LogP contribution in [0, 0.1) is 12.3 Å². The second-order valence-electron chi connectivity index (χ2n) is 5.17. The van der Waals surface area contributed by atoms with Gasteiger partial charge in [0.15, 0.2) is 5.84 Å². The van der Waals surface area contributed by atoms with Gasteiger partial charge in [0.05, 0.1) is 18.9 Å². The summed E-state index contributed by atoms with van der Waals surface area (Å²) in [6.07, 6.45) is 0. The maximum Gasteiger partial charge on any atom is 0.327 e. The van der Waals surface area contributed by atoms with Crippen molar-refractivity contribution in [3.05, 3.63) is 23.8 Å². The molecule has 0 saturated carbocycles. The van der Waals surface area contributed by atoms with Crippen molar-refractivity contribution in [3.63, 3.8) is 0 Å². The molecule has 0 bridgehead atoms. The maximum atomic E-state index is 12.3. The number of anilines is 1. The number of carbonyl (C=O) groups is 1. The molecule has 0 unspecified atom stereocenters. The largest absolute Gasteiger partial charge is 0.472 e. The lowest BCUT2D eigenvalue weighted by Gasteiger charge is -2.42. The first kappa shape index (κ1) is 16.3. The molecule has 7 nitrogen and oxygen atoms in total. The van der Waals surface area contributed by atoms with Crippen molar-refractivity contribution in [3.8, 4) is 5.75 Å². The van der Waals surface area contributed by atoms with Crippen LogP contribution >= 0.6 is 0 Å². The Balaban J connectivity index is 2.58. The third-order valence-corrected chi connectivity index (χ3v) is 3.49. The van der Waals surface area contributed by atoms with Gasteiger partial charge in [-0.25, -0.2) is 9.69 Å². The van der Waals surface area contributed by atoms with Gasteiger partial charge in [-0.3, -0.25) is 5.41 Å². The number of aryl methyl sites for hydroxylation is 1. The number of benzene rings is 1. The van der Waals surface area contributed by atoms with Crippen molar-refractivity contribution >= 4 is 17.6 Å². The van der Waals surface area contributed by atoms with E-state index >= 15 is 0 Å². The van der Waals surface area contributed by atoms with Gasteiger partial charge in [0.25, 0.3) is 0 Å². The number of amides is 2. The van der Waals surface area contributed by atoms with E-state index in [-0.39, 0.29) is 19.0 Å². The average Bonchev–Trinajstić information content (AvgIpc) is 2.49. The zero-order valence-electron chi connectivity index (χ0n) is 13.2. The summed E-state index contributed by atoms with van der Waals surface area (Å²) in [6.45, 7) is 2.11. The van der Waals surface area contributed by atoms with Crippen LogP contribution in [-0.2, 0) is 9.47 Å². The quantitative estimate of drug-likeness (QED) is 0.884. The van der Waals surface area contributed by atoms with Gasteiger partial charge in [0.2, 0.25) is 5.60 Å². The lowest BCUT2D eigenvalue weighted by atomic mass is 9.99. The van der Waals surface area contributed by atoms with Gasteiger partial charge < -0.3 is 19.5 Å². The van der Waals surface area contributed by atoms with Crippen molar-refractivity contribution in [1.29, 1.82) is 5.41 Å². The van der Waals surface area contributed by atoms with Crippen LogP contribution in [0.15, 0.2) is 18.2 Å². The summed E-state index contributed by atoms with van der Waals surface area (Å²) in [7, 11) is 4.56. The summed E-state index contributed by atoms with van der Waals surface area (Å²) in [4.78, 5) is 13.6. The number of carbonyl (C=O) groups excluding carboxylic acids is 1. The Kier molecular flexibility index (Phi) is 4.68. The fourth-order valence-electron chi connectivity index (χ4n) is 2.50. The first-order valence-corrected chi connectivity index (χ1v) is 6.87. The van der Waals surface area contributed by atoms with E-state index in [9.17, 15) is 4.79 Å². The van der Waals surface area contributed by atoms with E-state index in [1.807, 2.05) is 19.1 Å². The average molecular weight is 307 g/mol. The number of hydrogen-bond donors (Lipinski definition) is 2. The smallest absolute Gasteiger partial charge is 0.327 e. The van der Waals surface area contributed by atoms with Gasteiger partial charge in [0, 0.05) is 21.3 Å². The predicted octanol–water partition coefficient (Wildman–Crippen LogP) is 1.54. The number of ether oxygens (including phenoxy) is 3. The number of nitrogens with one attached hydrogen (secondary N) is 2. The monoisotopic (exact) mass is 307 g/mol. The summed E-state index contributed by atoms with van der Waals surface area (Å²) >= 11 is 0. The zero-order chi connectivity index (χ0) is 16.3. The molecule has 1 heterocycles. The zero-order valence-corrected chi connectivity index (χ0v) is 13.2. The third kappa shape index (κ3) is 2.65. The summed E-state index contributed by atoms with van der Waals surface area (Å²) in [5.41, 5.74) is 0.334. The van der Waals surface area contributed by atoms with Crippen LogP contribution in [0.5, 0.6) is 5.75 Å². The molecule has 120 valence electrons. The minimum absolute atomic E-state index is 0.0198. The lowest BCUT2D eigenvalue weighted by Crippen LogP contribution is -2.63. The van der Waals surface area contributed by atoms with Crippen LogP contribution in [0.3, 0.4) is 0 Å². The highest BCUT2D eigenvalue weighted by atomic mass is 16.6. The van der Waals surface area contributed by atoms with E-state index in [1.165, 1.54) is 26.2 Å². The molecule has 0 aliphatic carbocycles. The van der Waals surface area contributed by atoms with Gasteiger partial charge in [-0.1, -0.05) is 6.07 Å². The summed E-state index contributed by atoms with van der Waals surface area (Å²) in [5, 5.41) is 11.0. The fourth-order valence-corrected chi connectivity index (χ4v) is 2.50. The van der Waals surface area contributed by atoms with Crippen LogP contribution in [-0.4, -0.2) is 51.9 Å². The molecule has 0 saturated heterocycles. The molecule has 0 spiro atoms. The van der Waals surface area contributed by atoms with E-state index in [1.54, 1.807) is 6.07 Å². The molecule has 0 aromatic heterocycles. The van der Waals surface area contributed by atoms with E-state index < -0.39 is 11.6 Å². The number of fused-ring (bicyclic) bond motifs is 1. The molecule has 1 aromatic carbocycles. The van der Waals surface area contributed by atoms with Gasteiger partial charge in [-0.2, -0.15) is 0 Å². The molecule has 1 aliphatic heterocycles. The second kappa shape index (κ2) is 6.33.